The summed E-state index contributed by atoms with van der Waals surface area (Å²) in [4.78, 5) is 6.22. The number of halogens is 1. The van der Waals surface area contributed by atoms with E-state index in [-0.39, 0.29) is 6.04 Å². The summed E-state index contributed by atoms with van der Waals surface area (Å²) in [7, 11) is 2.01. The highest BCUT2D eigenvalue weighted by Gasteiger charge is 2.09. The van der Waals surface area contributed by atoms with E-state index in [1.807, 2.05) is 50.5 Å². The average molecular weight is 276 g/mol. The number of pyridine rings is 1. The Bertz CT molecular complexity index is 540. The third-order valence-electron chi connectivity index (χ3n) is 3.05. The second-order valence-corrected chi connectivity index (χ2v) is 5.12. The molecule has 4 heteroatoms. The summed E-state index contributed by atoms with van der Waals surface area (Å²) >= 11 is 6.32. The summed E-state index contributed by atoms with van der Waals surface area (Å²) in [5.74, 6) is 0. The van der Waals surface area contributed by atoms with Crippen molar-refractivity contribution in [1.29, 1.82) is 0 Å². The van der Waals surface area contributed by atoms with Crippen LogP contribution in [0, 0.1) is 0 Å². The first kappa shape index (κ1) is 13.8. The zero-order valence-electron chi connectivity index (χ0n) is 11.2. The highest BCUT2D eigenvalue weighted by molar-refractivity contribution is 6.33. The van der Waals surface area contributed by atoms with Gasteiger partial charge >= 0.3 is 0 Å². The maximum Gasteiger partial charge on any atom is 0.0642 e. The van der Waals surface area contributed by atoms with Gasteiger partial charge in [0, 0.05) is 32.0 Å². The SMILES string of the molecule is C[C@H](N)c1ccc(N(C)Cc2cccnc2)c(Cl)c1. The predicted molar refractivity (Wildman–Crippen MR) is 80.4 cm³/mol. The molecule has 1 heterocycles. The number of nitrogens with two attached hydrogens (primary N) is 1. The van der Waals surface area contributed by atoms with Crippen molar-refractivity contribution < 1.29 is 0 Å². The molecule has 19 heavy (non-hydrogen) atoms. The third-order valence-corrected chi connectivity index (χ3v) is 3.35. The number of benzene rings is 1. The van der Waals surface area contributed by atoms with E-state index in [0.717, 1.165) is 28.4 Å². The standard InChI is InChI=1S/C15H18ClN3/c1-11(17)13-5-6-15(14(16)8-13)19(2)10-12-4-3-7-18-9-12/h3-9,11H,10,17H2,1-2H3/t11-/m0/s1. The molecule has 0 aliphatic carbocycles. The molecule has 0 aliphatic rings. The maximum absolute atomic E-state index is 6.32. The monoisotopic (exact) mass is 275 g/mol. The number of aromatic nitrogens is 1. The molecule has 0 spiro atoms. The Balaban J connectivity index is 2.17. The molecule has 0 fully saturated rings. The Morgan fingerprint density at radius 1 is 1.37 bits per heavy atom. The van der Waals surface area contributed by atoms with E-state index >= 15 is 0 Å². The summed E-state index contributed by atoms with van der Waals surface area (Å²) in [6, 6.07) is 9.94. The van der Waals surface area contributed by atoms with Crippen LogP contribution in [0.4, 0.5) is 5.69 Å². The molecule has 0 aliphatic heterocycles. The number of nitrogens with zero attached hydrogens (tertiary/aromatic N) is 2. The summed E-state index contributed by atoms with van der Waals surface area (Å²) in [6.07, 6.45) is 3.63. The van der Waals surface area contributed by atoms with Crippen molar-refractivity contribution in [3.63, 3.8) is 0 Å². The van der Waals surface area contributed by atoms with Gasteiger partial charge in [-0.3, -0.25) is 4.98 Å². The molecule has 0 amide bonds. The molecular weight excluding hydrogens is 258 g/mol. The van der Waals surface area contributed by atoms with Crippen molar-refractivity contribution in [2.75, 3.05) is 11.9 Å². The van der Waals surface area contributed by atoms with Crippen LogP contribution in [0.2, 0.25) is 5.02 Å². The largest absolute Gasteiger partial charge is 0.369 e. The van der Waals surface area contributed by atoms with Crippen LogP contribution in [0.5, 0.6) is 0 Å². The molecule has 0 saturated carbocycles. The summed E-state index contributed by atoms with van der Waals surface area (Å²) in [6.45, 7) is 2.72. The zero-order chi connectivity index (χ0) is 13.8. The van der Waals surface area contributed by atoms with Crippen molar-refractivity contribution in [3.05, 3.63) is 58.9 Å². The highest BCUT2D eigenvalue weighted by Crippen LogP contribution is 2.28. The molecule has 1 aromatic carbocycles. The van der Waals surface area contributed by atoms with Gasteiger partial charge in [-0.2, -0.15) is 0 Å². The second-order valence-electron chi connectivity index (χ2n) is 4.72. The van der Waals surface area contributed by atoms with Gasteiger partial charge in [-0.15, -0.1) is 0 Å². The smallest absolute Gasteiger partial charge is 0.0642 e. The second kappa shape index (κ2) is 6.04. The molecule has 3 nitrogen and oxygen atoms in total. The van der Waals surface area contributed by atoms with E-state index in [4.69, 9.17) is 17.3 Å². The van der Waals surface area contributed by atoms with E-state index in [0.29, 0.717) is 0 Å². The van der Waals surface area contributed by atoms with Crippen LogP contribution in [-0.4, -0.2) is 12.0 Å². The number of rotatable bonds is 4. The molecule has 2 aromatic rings. The Morgan fingerprint density at radius 2 is 2.16 bits per heavy atom. The first-order valence-electron chi connectivity index (χ1n) is 6.23. The molecule has 2 rings (SSSR count). The van der Waals surface area contributed by atoms with Gasteiger partial charge in [0.25, 0.3) is 0 Å². The molecule has 1 aromatic heterocycles. The summed E-state index contributed by atoms with van der Waals surface area (Å²) < 4.78 is 0. The fraction of sp³-hybridized carbons (Fsp3) is 0.267. The Kier molecular flexibility index (Phi) is 4.40. The fourth-order valence-corrected chi connectivity index (χ4v) is 2.30. The van der Waals surface area contributed by atoms with E-state index in [1.165, 1.54) is 0 Å². The zero-order valence-corrected chi connectivity index (χ0v) is 11.9. The van der Waals surface area contributed by atoms with E-state index in [9.17, 15) is 0 Å². The van der Waals surface area contributed by atoms with E-state index in [2.05, 4.69) is 9.88 Å². The van der Waals surface area contributed by atoms with E-state index in [1.54, 1.807) is 6.20 Å². The van der Waals surface area contributed by atoms with Gasteiger partial charge in [-0.1, -0.05) is 23.7 Å². The summed E-state index contributed by atoms with van der Waals surface area (Å²) in [5, 5.41) is 0.723. The fourth-order valence-electron chi connectivity index (χ4n) is 1.97. The lowest BCUT2D eigenvalue weighted by molar-refractivity contribution is 0.817. The Hall–Kier alpha value is -1.58. The van der Waals surface area contributed by atoms with Gasteiger partial charge in [-0.25, -0.2) is 0 Å². The lowest BCUT2D eigenvalue weighted by Gasteiger charge is -2.21. The predicted octanol–water partition coefficient (Wildman–Crippen LogP) is 3.39. The number of hydrogen-bond acceptors (Lipinski definition) is 3. The first-order valence-corrected chi connectivity index (χ1v) is 6.61. The molecule has 0 bridgehead atoms. The van der Waals surface area contributed by atoms with Gasteiger partial charge in [0.15, 0.2) is 0 Å². The minimum atomic E-state index is -0.00446. The normalized spacial score (nSPS) is 12.2. The van der Waals surface area contributed by atoms with Gasteiger partial charge in [0.1, 0.15) is 0 Å². The van der Waals surface area contributed by atoms with Gasteiger partial charge in [-0.05, 0) is 36.2 Å². The molecule has 100 valence electrons. The molecular formula is C15H18ClN3. The lowest BCUT2D eigenvalue weighted by Crippen LogP contribution is -2.17. The van der Waals surface area contributed by atoms with Crippen molar-refractivity contribution in [3.8, 4) is 0 Å². The van der Waals surface area contributed by atoms with Crippen molar-refractivity contribution in [2.45, 2.75) is 19.5 Å². The van der Waals surface area contributed by atoms with Gasteiger partial charge in [0.05, 0.1) is 10.7 Å². The van der Waals surface area contributed by atoms with Gasteiger partial charge in [0.2, 0.25) is 0 Å². The average Bonchev–Trinajstić information content (AvgIpc) is 2.39. The Labute approximate surface area is 119 Å². The minimum Gasteiger partial charge on any atom is -0.369 e. The van der Waals surface area contributed by atoms with Crippen LogP contribution in [0.25, 0.3) is 0 Å². The van der Waals surface area contributed by atoms with Gasteiger partial charge < -0.3 is 10.6 Å². The molecule has 0 unspecified atom stereocenters. The van der Waals surface area contributed by atoms with Crippen LogP contribution in [0.3, 0.4) is 0 Å². The van der Waals surface area contributed by atoms with Crippen molar-refractivity contribution >= 4 is 17.3 Å². The van der Waals surface area contributed by atoms with E-state index < -0.39 is 0 Å². The lowest BCUT2D eigenvalue weighted by atomic mass is 10.1. The van der Waals surface area contributed by atoms with Crippen LogP contribution < -0.4 is 10.6 Å². The molecule has 2 N–H and O–H groups in total. The first-order chi connectivity index (χ1) is 9.08. The van der Waals surface area contributed by atoms with Crippen molar-refractivity contribution in [2.24, 2.45) is 5.73 Å². The maximum atomic E-state index is 6.32. The van der Waals surface area contributed by atoms with Crippen LogP contribution in [0.15, 0.2) is 42.7 Å². The highest BCUT2D eigenvalue weighted by atomic mass is 35.5. The molecule has 0 saturated heterocycles. The molecule has 1 atom stereocenters. The van der Waals surface area contributed by atoms with Crippen molar-refractivity contribution in [1.82, 2.24) is 4.98 Å². The summed E-state index contributed by atoms with van der Waals surface area (Å²) in [5.41, 5.74) is 9.04. The topological polar surface area (TPSA) is 42.1 Å². The van der Waals surface area contributed by atoms with Crippen LogP contribution in [0.1, 0.15) is 24.1 Å². The number of hydrogen-bond donors (Lipinski definition) is 1. The quantitative estimate of drug-likeness (QED) is 0.930. The van der Waals surface area contributed by atoms with Crippen LogP contribution >= 0.6 is 11.6 Å². The number of anilines is 1. The molecule has 0 radical (unpaired) electrons. The minimum absolute atomic E-state index is 0.00446. The van der Waals surface area contributed by atoms with Crippen LogP contribution in [-0.2, 0) is 6.54 Å². The Morgan fingerprint density at radius 3 is 2.74 bits per heavy atom. The third kappa shape index (κ3) is 3.46.